The van der Waals surface area contributed by atoms with Gasteiger partial charge >= 0.3 is 4.87 Å². The molecule has 1 spiro atoms. The lowest BCUT2D eigenvalue weighted by molar-refractivity contribution is -0.202. The Labute approximate surface area is 134 Å². The van der Waals surface area contributed by atoms with Gasteiger partial charge in [-0.1, -0.05) is 24.7 Å². The third kappa shape index (κ3) is 2.33. The van der Waals surface area contributed by atoms with Crippen molar-refractivity contribution in [2.75, 3.05) is 7.11 Å². The van der Waals surface area contributed by atoms with Crippen LogP contribution in [0, 0.1) is 18.3 Å². The van der Waals surface area contributed by atoms with Crippen LogP contribution in [0.15, 0.2) is 10.2 Å². The van der Waals surface area contributed by atoms with Gasteiger partial charge in [0.1, 0.15) is 0 Å². The van der Waals surface area contributed by atoms with E-state index in [4.69, 9.17) is 4.74 Å². The summed E-state index contributed by atoms with van der Waals surface area (Å²) < 4.78 is 7.30. The van der Waals surface area contributed by atoms with E-state index in [-0.39, 0.29) is 28.3 Å². The molecule has 2 saturated carbocycles. The van der Waals surface area contributed by atoms with Gasteiger partial charge in [0.05, 0.1) is 6.10 Å². The summed E-state index contributed by atoms with van der Waals surface area (Å²) in [6.45, 7) is 4.51. The number of nitrogens with one attached hydrogen (secondary N) is 1. The number of aromatic nitrogens is 1. The number of ether oxygens (including phenoxy) is 1. The molecule has 1 aromatic rings. The van der Waals surface area contributed by atoms with Gasteiger partial charge in [-0.3, -0.25) is 9.59 Å². The molecule has 0 aliphatic heterocycles. The van der Waals surface area contributed by atoms with Crippen molar-refractivity contribution in [3.05, 3.63) is 20.7 Å². The second-order valence-electron chi connectivity index (χ2n) is 6.69. The Morgan fingerprint density at radius 2 is 2.27 bits per heavy atom. The van der Waals surface area contributed by atoms with E-state index >= 15 is 0 Å². The van der Waals surface area contributed by atoms with E-state index in [0.29, 0.717) is 18.9 Å². The molecule has 1 aromatic heterocycles. The lowest BCUT2D eigenvalue weighted by atomic mass is 9.46. The highest BCUT2D eigenvalue weighted by molar-refractivity contribution is 7.07. The number of hydrogen-bond acceptors (Lipinski definition) is 4. The first-order chi connectivity index (χ1) is 10.5. The Morgan fingerprint density at radius 3 is 2.77 bits per heavy atom. The predicted molar refractivity (Wildman–Crippen MR) is 86.1 cm³/mol. The third-order valence-corrected chi connectivity index (χ3v) is 6.46. The Morgan fingerprint density at radius 1 is 1.55 bits per heavy atom. The molecule has 0 aromatic carbocycles. The molecule has 0 unspecified atom stereocenters. The minimum absolute atomic E-state index is 0.0113. The van der Waals surface area contributed by atoms with Gasteiger partial charge in [0.2, 0.25) is 5.91 Å². The highest BCUT2D eigenvalue weighted by atomic mass is 32.1. The molecule has 0 radical (unpaired) electrons. The summed E-state index contributed by atoms with van der Waals surface area (Å²) in [5, 5.41) is 5.03. The van der Waals surface area contributed by atoms with Crippen molar-refractivity contribution in [1.29, 1.82) is 0 Å². The Hall–Kier alpha value is -1.14. The molecule has 5 nitrogen and oxygen atoms in total. The van der Waals surface area contributed by atoms with E-state index in [2.05, 4.69) is 12.2 Å². The average Bonchev–Trinajstić information content (AvgIpc) is 2.76. The van der Waals surface area contributed by atoms with Crippen LogP contribution in [0.25, 0.3) is 0 Å². The van der Waals surface area contributed by atoms with Crippen molar-refractivity contribution in [3.8, 4) is 0 Å². The monoisotopic (exact) mass is 324 g/mol. The van der Waals surface area contributed by atoms with Crippen molar-refractivity contribution in [1.82, 2.24) is 9.88 Å². The topological polar surface area (TPSA) is 60.3 Å². The number of nitrogens with zero attached hydrogens (tertiary/aromatic N) is 1. The molecule has 2 fully saturated rings. The number of hydrogen-bond donors (Lipinski definition) is 1. The van der Waals surface area contributed by atoms with Crippen LogP contribution >= 0.6 is 11.3 Å². The van der Waals surface area contributed by atoms with Crippen LogP contribution in [0.2, 0.25) is 0 Å². The van der Waals surface area contributed by atoms with Crippen molar-refractivity contribution in [2.45, 2.75) is 58.2 Å². The summed E-state index contributed by atoms with van der Waals surface area (Å²) in [7, 11) is 1.77. The average molecular weight is 324 g/mol. The van der Waals surface area contributed by atoms with Crippen LogP contribution in [0.1, 0.15) is 38.3 Å². The fraction of sp³-hybridized carbons (Fsp3) is 0.750. The van der Waals surface area contributed by atoms with Crippen molar-refractivity contribution < 1.29 is 9.53 Å². The van der Waals surface area contributed by atoms with Gasteiger partial charge in [0.25, 0.3) is 0 Å². The van der Waals surface area contributed by atoms with E-state index in [9.17, 15) is 9.59 Å². The lowest BCUT2D eigenvalue weighted by Gasteiger charge is -2.64. The molecule has 6 heteroatoms. The second kappa shape index (κ2) is 5.81. The quantitative estimate of drug-likeness (QED) is 0.900. The van der Waals surface area contributed by atoms with Crippen LogP contribution in [-0.2, 0) is 16.1 Å². The highest BCUT2D eigenvalue weighted by Gasteiger charge is 2.63. The largest absolute Gasteiger partial charge is 0.380 e. The van der Waals surface area contributed by atoms with Crippen LogP contribution in [0.3, 0.4) is 0 Å². The van der Waals surface area contributed by atoms with E-state index in [1.807, 2.05) is 12.3 Å². The van der Waals surface area contributed by atoms with Gasteiger partial charge < -0.3 is 14.6 Å². The molecule has 0 bridgehead atoms. The van der Waals surface area contributed by atoms with Crippen LogP contribution in [0.5, 0.6) is 0 Å². The van der Waals surface area contributed by atoms with Gasteiger partial charge in [-0.2, -0.15) is 0 Å². The molecule has 2 aliphatic rings. The third-order valence-electron chi connectivity index (χ3n) is 5.58. The maximum Gasteiger partial charge on any atom is 0.307 e. The van der Waals surface area contributed by atoms with E-state index in [1.54, 1.807) is 11.7 Å². The molecule has 3 rings (SSSR count). The first-order valence-corrected chi connectivity index (χ1v) is 8.84. The van der Waals surface area contributed by atoms with Crippen LogP contribution < -0.4 is 10.2 Å². The molecule has 22 heavy (non-hydrogen) atoms. The molecule has 1 heterocycles. The molecule has 2 aliphatic carbocycles. The fourth-order valence-electron chi connectivity index (χ4n) is 4.32. The van der Waals surface area contributed by atoms with Gasteiger partial charge in [-0.05, 0) is 19.8 Å². The van der Waals surface area contributed by atoms with Gasteiger partial charge in [-0.15, -0.1) is 0 Å². The minimum Gasteiger partial charge on any atom is -0.380 e. The Kier molecular flexibility index (Phi) is 4.16. The number of carbonyl (C=O) groups is 1. The minimum atomic E-state index is 0.0113. The molecule has 1 N–H and O–H groups in total. The maximum atomic E-state index is 12.3. The van der Waals surface area contributed by atoms with E-state index < -0.39 is 0 Å². The summed E-state index contributed by atoms with van der Waals surface area (Å²) in [6, 6.07) is 0.221. The zero-order valence-electron chi connectivity index (χ0n) is 13.4. The number of rotatable bonds is 5. The zero-order chi connectivity index (χ0) is 15.9. The summed E-state index contributed by atoms with van der Waals surface area (Å²) >= 11 is 1.19. The van der Waals surface area contributed by atoms with Gasteiger partial charge in [0.15, 0.2) is 0 Å². The van der Waals surface area contributed by atoms with Crippen LogP contribution in [0.4, 0.5) is 0 Å². The van der Waals surface area contributed by atoms with Gasteiger partial charge in [-0.25, -0.2) is 0 Å². The summed E-state index contributed by atoms with van der Waals surface area (Å²) in [6.07, 6.45) is 4.14. The van der Waals surface area contributed by atoms with Crippen LogP contribution in [-0.4, -0.2) is 29.7 Å². The summed E-state index contributed by atoms with van der Waals surface area (Å²) in [4.78, 5) is 23.9. The maximum absolute atomic E-state index is 12.3. The molecule has 0 saturated heterocycles. The van der Waals surface area contributed by atoms with Gasteiger partial charge in [0, 0.05) is 48.5 Å². The summed E-state index contributed by atoms with van der Waals surface area (Å²) in [5.74, 6) is 0.398. The fourth-order valence-corrected chi connectivity index (χ4v) is 5.08. The first kappa shape index (κ1) is 15.7. The molecular formula is C16H24N2O3S. The smallest absolute Gasteiger partial charge is 0.307 e. The number of aryl methyl sites for hydroxylation is 1. The van der Waals surface area contributed by atoms with E-state index in [0.717, 1.165) is 18.5 Å². The Balaban J connectivity index is 1.57. The standard InChI is InChI=1S/C16H24N2O3S/c1-10-9-22-15(20)18(10)8-5-12(19)17-13-11(2)14(21-3)16(13)6-4-7-16/h9,11,13-14H,4-8H2,1-3H3,(H,17,19)/t11-,13-,14+/m0/s1. The number of carbonyl (C=O) groups excluding carboxylic acids is 1. The number of methoxy groups -OCH3 is 1. The zero-order valence-corrected chi connectivity index (χ0v) is 14.2. The molecular weight excluding hydrogens is 300 g/mol. The molecule has 1 amide bonds. The lowest BCUT2D eigenvalue weighted by Crippen LogP contribution is -2.72. The van der Waals surface area contributed by atoms with E-state index in [1.165, 1.54) is 17.8 Å². The first-order valence-electron chi connectivity index (χ1n) is 7.96. The number of thiazole rings is 1. The molecule has 3 atom stereocenters. The Bertz CT molecular complexity index is 617. The van der Waals surface area contributed by atoms with Crippen molar-refractivity contribution in [3.63, 3.8) is 0 Å². The van der Waals surface area contributed by atoms with Crippen molar-refractivity contribution >= 4 is 17.2 Å². The van der Waals surface area contributed by atoms with Crippen molar-refractivity contribution in [2.24, 2.45) is 11.3 Å². The normalized spacial score (nSPS) is 29.0. The molecule has 122 valence electrons. The highest BCUT2D eigenvalue weighted by Crippen LogP contribution is 2.59. The predicted octanol–water partition coefficient (Wildman–Crippen LogP) is 1.93. The second-order valence-corrected chi connectivity index (χ2v) is 7.51. The number of amides is 1. The summed E-state index contributed by atoms with van der Waals surface area (Å²) in [5.41, 5.74) is 1.09. The SMILES string of the molecule is CO[C@@H]1[C@@H](C)[C@H](NC(=O)CCn2c(C)csc2=O)C12CCC2.